The summed E-state index contributed by atoms with van der Waals surface area (Å²) < 4.78 is 35.7. The van der Waals surface area contributed by atoms with Crippen molar-refractivity contribution in [2.24, 2.45) is 0 Å². The van der Waals surface area contributed by atoms with E-state index in [2.05, 4.69) is 15.2 Å². The number of ketones is 1. The SMILES string of the molecule is C[C@@](CCn1cnc(-c2ccc(-n3nccn3)cc2)cc1=O)(C(=O)COC1CCCCO1)S(C)(=O)=O. The fourth-order valence-electron chi connectivity index (χ4n) is 3.90. The maximum absolute atomic E-state index is 12.9. The minimum atomic E-state index is -3.79. The Bertz CT molecular complexity index is 1350. The van der Waals surface area contributed by atoms with E-state index in [1.807, 2.05) is 12.1 Å². The predicted octanol–water partition coefficient (Wildman–Crippen LogP) is 1.80. The van der Waals surface area contributed by atoms with Crippen molar-refractivity contribution < 1.29 is 22.7 Å². The molecule has 0 aliphatic carbocycles. The fraction of sp³-hybridized carbons (Fsp3) is 0.458. The lowest BCUT2D eigenvalue weighted by molar-refractivity contribution is -0.170. The van der Waals surface area contributed by atoms with Gasteiger partial charge < -0.3 is 9.47 Å². The highest BCUT2D eigenvalue weighted by Gasteiger charge is 2.43. The second-order valence-corrected chi connectivity index (χ2v) is 11.4. The van der Waals surface area contributed by atoms with Crippen LogP contribution >= 0.6 is 0 Å². The third kappa shape index (κ3) is 5.77. The van der Waals surface area contributed by atoms with Gasteiger partial charge in [-0.25, -0.2) is 13.4 Å². The second kappa shape index (κ2) is 10.8. The topological polar surface area (TPSA) is 135 Å². The molecule has 1 fully saturated rings. The summed E-state index contributed by atoms with van der Waals surface area (Å²) in [7, 11) is -3.79. The maximum Gasteiger partial charge on any atom is 0.253 e. The Hall–Kier alpha value is -3.22. The Morgan fingerprint density at radius 3 is 2.53 bits per heavy atom. The summed E-state index contributed by atoms with van der Waals surface area (Å²) in [4.78, 5) is 31.5. The highest BCUT2D eigenvalue weighted by molar-refractivity contribution is 7.92. The fourth-order valence-corrected chi connectivity index (χ4v) is 4.83. The van der Waals surface area contributed by atoms with Gasteiger partial charge in [-0.15, -0.1) is 0 Å². The lowest BCUT2D eigenvalue weighted by Crippen LogP contribution is -2.47. The predicted molar refractivity (Wildman–Crippen MR) is 131 cm³/mol. The number of carbonyl (C=O) groups is 1. The molecule has 12 heteroatoms. The molecule has 3 heterocycles. The molecular weight excluding hydrogens is 486 g/mol. The van der Waals surface area contributed by atoms with Crippen molar-refractivity contribution in [3.8, 4) is 16.9 Å². The summed E-state index contributed by atoms with van der Waals surface area (Å²) in [6, 6.07) is 8.61. The number of ether oxygens (including phenoxy) is 2. The van der Waals surface area contributed by atoms with Crippen LogP contribution in [0.5, 0.6) is 0 Å². The summed E-state index contributed by atoms with van der Waals surface area (Å²) in [6.07, 6.45) is 7.48. The number of sulfone groups is 1. The molecule has 0 spiro atoms. The molecular formula is C24H29N5O6S. The van der Waals surface area contributed by atoms with E-state index in [1.54, 1.807) is 24.5 Å². The molecule has 1 saturated heterocycles. The molecule has 0 amide bonds. The van der Waals surface area contributed by atoms with Gasteiger partial charge in [0, 0.05) is 31.0 Å². The van der Waals surface area contributed by atoms with Crippen molar-refractivity contribution >= 4 is 15.6 Å². The van der Waals surface area contributed by atoms with Crippen molar-refractivity contribution in [2.75, 3.05) is 19.5 Å². The number of nitrogens with zero attached hydrogens (tertiary/aromatic N) is 5. The van der Waals surface area contributed by atoms with Crippen molar-refractivity contribution in [1.82, 2.24) is 24.5 Å². The molecule has 36 heavy (non-hydrogen) atoms. The van der Waals surface area contributed by atoms with Crippen LogP contribution in [-0.4, -0.2) is 69.3 Å². The summed E-state index contributed by atoms with van der Waals surface area (Å²) in [5.74, 6) is -0.566. The molecule has 11 nitrogen and oxygen atoms in total. The average molecular weight is 516 g/mol. The van der Waals surface area contributed by atoms with E-state index >= 15 is 0 Å². The number of Topliss-reactive ketones (excluding diaryl/α,β-unsaturated/α-hetero) is 1. The van der Waals surface area contributed by atoms with Crippen molar-refractivity contribution in [2.45, 2.75) is 50.2 Å². The van der Waals surface area contributed by atoms with E-state index in [0.29, 0.717) is 18.7 Å². The molecule has 1 aliphatic rings. The molecule has 1 unspecified atom stereocenters. The number of aryl methyl sites for hydroxylation is 1. The van der Waals surface area contributed by atoms with Crippen LogP contribution in [0.25, 0.3) is 16.9 Å². The average Bonchev–Trinajstić information content (AvgIpc) is 3.41. The van der Waals surface area contributed by atoms with Crippen LogP contribution < -0.4 is 5.56 Å². The molecule has 0 bridgehead atoms. The van der Waals surface area contributed by atoms with Crippen molar-refractivity contribution in [3.05, 3.63) is 59.4 Å². The van der Waals surface area contributed by atoms with Gasteiger partial charge in [0.25, 0.3) is 5.56 Å². The lowest BCUT2D eigenvalue weighted by atomic mass is 10.0. The zero-order valence-electron chi connectivity index (χ0n) is 20.2. The number of hydrogen-bond acceptors (Lipinski definition) is 9. The molecule has 2 atom stereocenters. The van der Waals surface area contributed by atoms with Crippen molar-refractivity contribution in [1.29, 1.82) is 0 Å². The first kappa shape index (κ1) is 25.9. The lowest BCUT2D eigenvalue weighted by Gasteiger charge is -2.28. The second-order valence-electron chi connectivity index (χ2n) is 8.95. The summed E-state index contributed by atoms with van der Waals surface area (Å²) in [5, 5.41) is 8.15. The van der Waals surface area contributed by atoms with Crippen LogP contribution in [0.3, 0.4) is 0 Å². The van der Waals surface area contributed by atoms with Crippen LogP contribution in [-0.2, 0) is 30.7 Å². The Balaban J connectivity index is 1.44. The van der Waals surface area contributed by atoms with Crippen LogP contribution in [0, 0.1) is 0 Å². The Morgan fingerprint density at radius 2 is 1.92 bits per heavy atom. The van der Waals surface area contributed by atoms with Gasteiger partial charge in [-0.1, -0.05) is 12.1 Å². The van der Waals surface area contributed by atoms with Gasteiger partial charge in [-0.2, -0.15) is 15.0 Å². The van der Waals surface area contributed by atoms with E-state index < -0.39 is 26.7 Å². The van der Waals surface area contributed by atoms with E-state index in [0.717, 1.165) is 30.3 Å². The quantitative estimate of drug-likeness (QED) is 0.396. The molecule has 0 saturated carbocycles. The third-order valence-corrected chi connectivity index (χ3v) is 8.54. The Kier molecular flexibility index (Phi) is 7.76. The van der Waals surface area contributed by atoms with Gasteiger partial charge in [0.05, 0.1) is 30.1 Å². The summed E-state index contributed by atoms with van der Waals surface area (Å²) in [5.41, 5.74) is 1.61. The minimum absolute atomic E-state index is 0.00522. The first-order chi connectivity index (χ1) is 17.2. The number of rotatable bonds is 10. The molecule has 2 aromatic heterocycles. The van der Waals surface area contributed by atoms with E-state index in [-0.39, 0.29) is 25.1 Å². The number of aromatic nitrogens is 5. The molecule has 0 N–H and O–H groups in total. The zero-order valence-corrected chi connectivity index (χ0v) is 21.1. The van der Waals surface area contributed by atoms with Crippen molar-refractivity contribution in [3.63, 3.8) is 0 Å². The largest absolute Gasteiger partial charge is 0.353 e. The van der Waals surface area contributed by atoms with E-state index in [9.17, 15) is 18.0 Å². The van der Waals surface area contributed by atoms with Crippen LogP contribution in [0.2, 0.25) is 0 Å². The van der Waals surface area contributed by atoms with Crippen LogP contribution in [0.4, 0.5) is 0 Å². The molecule has 0 radical (unpaired) electrons. The molecule has 4 rings (SSSR count). The summed E-state index contributed by atoms with van der Waals surface area (Å²) in [6.45, 7) is 1.56. The standard InChI is InChI=1S/C24H29N5O6S/c1-24(36(2,32)33,21(30)16-35-23-5-3-4-14-34-23)10-13-28-17-25-20(15-22(28)31)18-6-8-19(9-7-18)29-26-11-12-27-29/h6-9,11-12,15,17,23H,3-5,10,13-14,16H2,1-2H3/t23?,24-/m1/s1. The Labute approximate surface area is 209 Å². The smallest absolute Gasteiger partial charge is 0.253 e. The number of hydrogen-bond donors (Lipinski definition) is 0. The molecule has 1 aliphatic heterocycles. The highest BCUT2D eigenvalue weighted by Crippen LogP contribution is 2.25. The maximum atomic E-state index is 12.9. The van der Waals surface area contributed by atoms with Gasteiger partial charge in [0.1, 0.15) is 11.4 Å². The van der Waals surface area contributed by atoms with Gasteiger partial charge in [0.2, 0.25) is 0 Å². The van der Waals surface area contributed by atoms with Crippen LogP contribution in [0.1, 0.15) is 32.6 Å². The molecule has 3 aromatic rings. The monoisotopic (exact) mass is 515 g/mol. The molecule has 192 valence electrons. The first-order valence-electron chi connectivity index (χ1n) is 11.7. The number of benzene rings is 1. The van der Waals surface area contributed by atoms with Gasteiger partial charge in [0.15, 0.2) is 21.9 Å². The number of carbonyl (C=O) groups excluding carboxylic acids is 1. The molecule has 1 aromatic carbocycles. The van der Waals surface area contributed by atoms with Crippen LogP contribution in [0.15, 0.2) is 53.8 Å². The third-order valence-electron chi connectivity index (χ3n) is 6.47. The summed E-state index contributed by atoms with van der Waals surface area (Å²) >= 11 is 0. The zero-order chi connectivity index (χ0) is 25.8. The van der Waals surface area contributed by atoms with E-state index in [1.165, 1.54) is 28.7 Å². The minimum Gasteiger partial charge on any atom is -0.353 e. The normalized spacial score (nSPS) is 18.0. The first-order valence-corrected chi connectivity index (χ1v) is 13.6. The highest BCUT2D eigenvalue weighted by atomic mass is 32.2. The van der Waals surface area contributed by atoms with E-state index in [4.69, 9.17) is 9.47 Å². The van der Waals surface area contributed by atoms with Gasteiger partial charge in [-0.3, -0.25) is 14.2 Å². The van der Waals surface area contributed by atoms with Gasteiger partial charge >= 0.3 is 0 Å². The van der Waals surface area contributed by atoms with Gasteiger partial charge in [-0.05, 0) is 44.7 Å². The Morgan fingerprint density at radius 1 is 1.19 bits per heavy atom.